The SMILES string of the molecule is C=CCN1C(=O)/C(=C/c2ccc(-c3ccc(C(=O)OCCCC)cc3)o2)SC1=S. The lowest BCUT2D eigenvalue weighted by molar-refractivity contribution is -0.121. The summed E-state index contributed by atoms with van der Waals surface area (Å²) in [5.74, 6) is 0.723. The van der Waals surface area contributed by atoms with Gasteiger partial charge in [-0.2, -0.15) is 0 Å². The van der Waals surface area contributed by atoms with Gasteiger partial charge in [0.15, 0.2) is 0 Å². The second-order valence-electron chi connectivity index (χ2n) is 6.35. The number of furan rings is 1. The quantitative estimate of drug-likeness (QED) is 0.188. The van der Waals surface area contributed by atoms with Crippen molar-refractivity contribution in [1.29, 1.82) is 0 Å². The molecular weight excluding hydrogens is 406 g/mol. The van der Waals surface area contributed by atoms with Crippen molar-refractivity contribution >= 4 is 46.3 Å². The summed E-state index contributed by atoms with van der Waals surface area (Å²) in [5, 5.41) is 0. The van der Waals surface area contributed by atoms with Crippen molar-refractivity contribution in [3.8, 4) is 11.3 Å². The number of thioether (sulfide) groups is 1. The molecule has 0 atom stereocenters. The molecule has 1 aliphatic rings. The normalized spacial score (nSPS) is 15.2. The zero-order chi connectivity index (χ0) is 20.8. The van der Waals surface area contributed by atoms with Gasteiger partial charge in [-0.05, 0) is 30.7 Å². The lowest BCUT2D eigenvalue weighted by Crippen LogP contribution is -2.27. The number of hydrogen-bond acceptors (Lipinski definition) is 6. The predicted octanol–water partition coefficient (Wildman–Crippen LogP) is 5.29. The third kappa shape index (κ3) is 5.05. The van der Waals surface area contributed by atoms with Crippen molar-refractivity contribution in [2.24, 2.45) is 0 Å². The molecule has 0 N–H and O–H groups in total. The third-order valence-corrected chi connectivity index (χ3v) is 5.60. The fraction of sp³-hybridized carbons (Fsp3) is 0.227. The van der Waals surface area contributed by atoms with Crippen LogP contribution in [0.25, 0.3) is 17.4 Å². The molecule has 150 valence electrons. The van der Waals surface area contributed by atoms with Crippen molar-refractivity contribution < 1.29 is 18.7 Å². The minimum absolute atomic E-state index is 0.149. The highest BCUT2D eigenvalue weighted by Crippen LogP contribution is 2.33. The predicted molar refractivity (Wildman–Crippen MR) is 119 cm³/mol. The minimum atomic E-state index is -0.327. The standard InChI is InChI=1S/C22H21NO4S2/c1-3-5-13-26-21(25)16-8-6-15(7-9-16)18-11-10-17(27-18)14-19-20(24)23(12-4-2)22(28)29-19/h4,6-11,14H,2-3,5,12-13H2,1H3/b19-14-. The molecule has 29 heavy (non-hydrogen) atoms. The van der Waals surface area contributed by atoms with Crippen molar-refractivity contribution in [3.05, 3.63) is 65.3 Å². The average molecular weight is 428 g/mol. The Labute approximate surface area is 179 Å². The maximum absolute atomic E-state index is 12.4. The first-order valence-corrected chi connectivity index (χ1v) is 10.5. The fourth-order valence-electron chi connectivity index (χ4n) is 2.66. The van der Waals surface area contributed by atoms with Gasteiger partial charge in [-0.15, -0.1) is 6.58 Å². The maximum atomic E-state index is 12.4. The number of carbonyl (C=O) groups excluding carboxylic acids is 2. The molecule has 0 unspecified atom stereocenters. The molecule has 1 aromatic heterocycles. The largest absolute Gasteiger partial charge is 0.462 e. The molecule has 1 aliphatic heterocycles. The summed E-state index contributed by atoms with van der Waals surface area (Å²) >= 11 is 6.48. The molecule has 0 spiro atoms. The number of hydrogen-bond donors (Lipinski definition) is 0. The number of benzene rings is 1. The van der Waals surface area contributed by atoms with Crippen LogP contribution in [0.4, 0.5) is 0 Å². The molecule has 1 fully saturated rings. The van der Waals surface area contributed by atoms with E-state index in [2.05, 4.69) is 6.58 Å². The summed E-state index contributed by atoms with van der Waals surface area (Å²) in [6, 6.07) is 10.7. The van der Waals surface area contributed by atoms with E-state index in [0.29, 0.717) is 39.5 Å². The Morgan fingerprint density at radius 3 is 2.72 bits per heavy atom. The second-order valence-corrected chi connectivity index (χ2v) is 8.03. The van der Waals surface area contributed by atoms with E-state index in [9.17, 15) is 9.59 Å². The van der Waals surface area contributed by atoms with Crippen molar-refractivity contribution in [1.82, 2.24) is 4.90 Å². The molecule has 1 saturated heterocycles. The van der Waals surface area contributed by atoms with Gasteiger partial charge in [0.25, 0.3) is 5.91 Å². The van der Waals surface area contributed by atoms with Crippen LogP contribution in [0.1, 0.15) is 35.9 Å². The lowest BCUT2D eigenvalue weighted by Gasteiger charge is -2.10. The van der Waals surface area contributed by atoms with E-state index >= 15 is 0 Å². The van der Waals surface area contributed by atoms with E-state index in [1.807, 2.05) is 25.1 Å². The molecule has 0 radical (unpaired) electrons. The Morgan fingerprint density at radius 1 is 1.28 bits per heavy atom. The Hall–Kier alpha value is -2.64. The van der Waals surface area contributed by atoms with E-state index in [1.165, 1.54) is 16.7 Å². The summed E-state index contributed by atoms with van der Waals surface area (Å²) in [6.07, 6.45) is 5.16. The van der Waals surface area contributed by atoms with Crippen LogP contribution in [0.2, 0.25) is 0 Å². The smallest absolute Gasteiger partial charge is 0.338 e. The van der Waals surface area contributed by atoms with Crippen LogP contribution in [-0.2, 0) is 9.53 Å². The van der Waals surface area contributed by atoms with Gasteiger partial charge < -0.3 is 9.15 Å². The second kappa shape index (κ2) is 9.71. The number of unbranched alkanes of at least 4 members (excludes halogenated alkanes) is 1. The molecular formula is C22H21NO4S2. The van der Waals surface area contributed by atoms with E-state index in [1.54, 1.807) is 30.4 Å². The molecule has 0 saturated carbocycles. The molecule has 0 bridgehead atoms. The van der Waals surface area contributed by atoms with E-state index < -0.39 is 0 Å². The molecule has 7 heteroatoms. The number of nitrogens with zero attached hydrogens (tertiary/aromatic N) is 1. The number of carbonyl (C=O) groups is 2. The van der Waals surface area contributed by atoms with Gasteiger partial charge in [0, 0.05) is 18.2 Å². The highest BCUT2D eigenvalue weighted by Gasteiger charge is 2.31. The molecule has 5 nitrogen and oxygen atoms in total. The minimum Gasteiger partial charge on any atom is -0.462 e. The van der Waals surface area contributed by atoms with Gasteiger partial charge in [-0.1, -0.05) is 55.5 Å². The Morgan fingerprint density at radius 2 is 2.03 bits per heavy atom. The Balaban J connectivity index is 1.70. The molecule has 3 rings (SSSR count). The van der Waals surface area contributed by atoms with Gasteiger partial charge in [0.2, 0.25) is 0 Å². The van der Waals surface area contributed by atoms with Gasteiger partial charge in [-0.3, -0.25) is 9.69 Å². The van der Waals surface area contributed by atoms with Crippen molar-refractivity contribution in [2.75, 3.05) is 13.2 Å². The molecule has 2 aromatic rings. The van der Waals surface area contributed by atoms with Crippen LogP contribution >= 0.6 is 24.0 Å². The summed E-state index contributed by atoms with van der Waals surface area (Å²) in [7, 11) is 0. The van der Waals surface area contributed by atoms with E-state index in [0.717, 1.165) is 18.4 Å². The zero-order valence-electron chi connectivity index (χ0n) is 16.1. The van der Waals surface area contributed by atoms with Gasteiger partial charge in [-0.25, -0.2) is 4.79 Å². The average Bonchev–Trinajstić information content (AvgIpc) is 3.29. The van der Waals surface area contributed by atoms with E-state index in [4.69, 9.17) is 21.4 Å². The molecule has 1 aromatic carbocycles. The summed E-state index contributed by atoms with van der Waals surface area (Å²) in [4.78, 5) is 26.4. The van der Waals surface area contributed by atoms with Crippen LogP contribution in [0, 0.1) is 0 Å². The van der Waals surface area contributed by atoms with Crippen LogP contribution in [0.5, 0.6) is 0 Å². The highest BCUT2D eigenvalue weighted by molar-refractivity contribution is 8.26. The topological polar surface area (TPSA) is 59.8 Å². The first-order chi connectivity index (χ1) is 14.0. The monoisotopic (exact) mass is 427 g/mol. The van der Waals surface area contributed by atoms with Gasteiger partial charge in [0.1, 0.15) is 15.8 Å². The Kier molecular flexibility index (Phi) is 7.06. The number of thiocarbonyl (C=S) groups is 1. The molecule has 2 heterocycles. The van der Waals surface area contributed by atoms with Gasteiger partial charge in [0.05, 0.1) is 17.1 Å². The first-order valence-electron chi connectivity index (χ1n) is 9.27. The highest BCUT2D eigenvalue weighted by atomic mass is 32.2. The molecule has 0 aliphatic carbocycles. The summed E-state index contributed by atoms with van der Waals surface area (Å²) < 4.78 is 11.6. The number of rotatable bonds is 8. The summed E-state index contributed by atoms with van der Waals surface area (Å²) in [6.45, 7) is 6.51. The number of amides is 1. The van der Waals surface area contributed by atoms with Crippen molar-refractivity contribution in [3.63, 3.8) is 0 Å². The van der Waals surface area contributed by atoms with Crippen LogP contribution < -0.4 is 0 Å². The van der Waals surface area contributed by atoms with Crippen molar-refractivity contribution in [2.45, 2.75) is 19.8 Å². The lowest BCUT2D eigenvalue weighted by atomic mass is 10.1. The van der Waals surface area contributed by atoms with Crippen LogP contribution in [0.15, 0.2) is 58.4 Å². The van der Waals surface area contributed by atoms with Crippen LogP contribution in [-0.4, -0.2) is 34.2 Å². The van der Waals surface area contributed by atoms with E-state index in [-0.39, 0.29) is 11.9 Å². The maximum Gasteiger partial charge on any atom is 0.338 e. The molecule has 1 amide bonds. The van der Waals surface area contributed by atoms with Crippen LogP contribution in [0.3, 0.4) is 0 Å². The summed E-state index contributed by atoms with van der Waals surface area (Å²) in [5.41, 5.74) is 1.33. The van der Waals surface area contributed by atoms with Gasteiger partial charge >= 0.3 is 5.97 Å². The fourth-order valence-corrected chi connectivity index (χ4v) is 3.92. The Bertz CT molecular complexity index is 959. The number of esters is 1. The third-order valence-electron chi connectivity index (χ3n) is 4.22. The zero-order valence-corrected chi connectivity index (χ0v) is 17.7. The first kappa shape index (κ1) is 21.1. The number of ether oxygens (including phenoxy) is 1.